The Balaban J connectivity index is 1.99. The first-order valence-electron chi connectivity index (χ1n) is 6.53. The van der Waals surface area contributed by atoms with Crippen molar-refractivity contribution < 1.29 is 13.2 Å². The maximum atomic E-state index is 12.4. The van der Waals surface area contributed by atoms with Gasteiger partial charge in [0.05, 0.1) is 0 Å². The monoisotopic (exact) mass is 376 g/mol. The normalized spacial score (nSPS) is 19.5. The van der Waals surface area contributed by atoms with Crippen molar-refractivity contribution in [3.05, 3.63) is 28.5 Å². The van der Waals surface area contributed by atoms with Crippen molar-refractivity contribution in [2.45, 2.75) is 12.8 Å². The Hall–Kier alpha value is -1.03. The highest BCUT2D eigenvalue weighted by atomic mass is 79.9. The van der Waals surface area contributed by atoms with Crippen LogP contribution in [0, 0.1) is 5.92 Å². The number of amides is 1. The number of carbonyl (C=O) groups is 1. The van der Waals surface area contributed by atoms with Gasteiger partial charge in [0.1, 0.15) is 4.60 Å². The van der Waals surface area contributed by atoms with E-state index >= 15 is 0 Å². The van der Waals surface area contributed by atoms with Crippen molar-refractivity contribution in [2.75, 3.05) is 19.6 Å². The number of hydrogen-bond acceptors (Lipinski definition) is 4. The van der Waals surface area contributed by atoms with Crippen LogP contribution in [0.5, 0.6) is 0 Å². The number of carbonyl (C=O) groups excluding carboxylic acids is 1. The molecule has 0 aromatic carbocycles. The van der Waals surface area contributed by atoms with Gasteiger partial charge < -0.3 is 4.90 Å². The van der Waals surface area contributed by atoms with Crippen molar-refractivity contribution in [3.8, 4) is 0 Å². The van der Waals surface area contributed by atoms with E-state index in [9.17, 15) is 13.2 Å². The van der Waals surface area contributed by atoms with Gasteiger partial charge in [-0.3, -0.25) is 4.79 Å². The SMILES string of the molecule is NS(=O)(=O)NCC1CCCN(C(=O)c2ccnc(Br)c2)C1. The molecule has 1 atom stereocenters. The van der Waals surface area contributed by atoms with Gasteiger partial charge in [0, 0.05) is 31.4 Å². The van der Waals surface area contributed by atoms with Crippen molar-refractivity contribution in [1.82, 2.24) is 14.6 Å². The average Bonchev–Trinajstić information content (AvgIpc) is 2.44. The Morgan fingerprint density at radius 2 is 2.33 bits per heavy atom. The second kappa shape index (κ2) is 6.82. The maximum absolute atomic E-state index is 12.4. The summed E-state index contributed by atoms with van der Waals surface area (Å²) in [6.45, 7) is 1.44. The lowest BCUT2D eigenvalue weighted by molar-refractivity contribution is 0.0676. The van der Waals surface area contributed by atoms with Crippen molar-refractivity contribution in [1.29, 1.82) is 0 Å². The summed E-state index contributed by atoms with van der Waals surface area (Å²) in [4.78, 5) is 18.1. The predicted octanol–water partition coefficient (Wildman–Crippen LogP) is 0.489. The Morgan fingerprint density at radius 1 is 1.57 bits per heavy atom. The van der Waals surface area contributed by atoms with E-state index in [0.717, 1.165) is 12.8 Å². The van der Waals surface area contributed by atoms with Gasteiger partial charge >= 0.3 is 0 Å². The van der Waals surface area contributed by atoms with Crippen LogP contribution in [-0.2, 0) is 10.2 Å². The molecule has 2 heterocycles. The molecule has 0 aliphatic carbocycles. The van der Waals surface area contributed by atoms with Gasteiger partial charge in [-0.2, -0.15) is 8.42 Å². The van der Waals surface area contributed by atoms with Gasteiger partial charge in [-0.1, -0.05) is 0 Å². The molecule has 1 unspecified atom stereocenters. The molecule has 9 heteroatoms. The smallest absolute Gasteiger partial charge is 0.274 e. The number of nitrogens with two attached hydrogens (primary N) is 1. The first-order chi connectivity index (χ1) is 9.85. The van der Waals surface area contributed by atoms with Crippen molar-refractivity contribution in [3.63, 3.8) is 0 Å². The van der Waals surface area contributed by atoms with Crippen LogP contribution >= 0.6 is 15.9 Å². The minimum absolute atomic E-state index is 0.0709. The second-order valence-electron chi connectivity index (χ2n) is 5.02. The molecule has 21 heavy (non-hydrogen) atoms. The molecule has 1 amide bonds. The third-order valence-electron chi connectivity index (χ3n) is 3.35. The number of likely N-dealkylation sites (tertiary alicyclic amines) is 1. The molecule has 0 spiro atoms. The zero-order chi connectivity index (χ0) is 15.5. The van der Waals surface area contributed by atoms with E-state index in [1.54, 1.807) is 23.2 Å². The molecule has 1 saturated heterocycles. The molecule has 1 aromatic rings. The number of piperidine rings is 1. The molecule has 116 valence electrons. The van der Waals surface area contributed by atoms with Crippen LogP contribution in [0.1, 0.15) is 23.2 Å². The van der Waals surface area contributed by atoms with Crippen LogP contribution in [0.4, 0.5) is 0 Å². The fourth-order valence-corrected chi connectivity index (χ4v) is 3.20. The number of nitrogens with one attached hydrogen (secondary N) is 1. The zero-order valence-electron chi connectivity index (χ0n) is 11.3. The molecular weight excluding hydrogens is 360 g/mol. The number of pyridine rings is 1. The summed E-state index contributed by atoms with van der Waals surface area (Å²) in [7, 11) is -3.69. The molecule has 1 aliphatic rings. The van der Waals surface area contributed by atoms with E-state index in [2.05, 4.69) is 25.6 Å². The fraction of sp³-hybridized carbons (Fsp3) is 0.500. The average molecular weight is 377 g/mol. The van der Waals surface area contributed by atoms with Crippen LogP contribution in [0.15, 0.2) is 22.9 Å². The molecule has 0 bridgehead atoms. The standard InChI is InChI=1S/C12H17BrN4O3S/c13-11-6-10(3-4-15-11)12(18)17-5-1-2-9(8-17)7-16-21(14,19)20/h3-4,6,9,16H,1-2,5,7-8H2,(H2,14,19,20). The maximum Gasteiger partial charge on any atom is 0.274 e. The van der Waals surface area contributed by atoms with Gasteiger partial charge in [-0.05, 0) is 46.8 Å². The van der Waals surface area contributed by atoms with Gasteiger partial charge in [-0.15, -0.1) is 0 Å². The number of aromatic nitrogens is 1. The van der Waals surface area contributed by atoms with Gasteiger partial charge in [0.15, 0.2) is 0 Å². The zero-order valence-corrected chi connectivity index (χ0v) is 13.7. The molecule has 7 nitrogen and oxygen atoms in total. The van der Waals surface area contributed by atoms with Crippen LogP contribution in [0.2, 0.25) is 0 Å². The first kappa shape index (κ1) is 16.3. The highest BCUT2D eigenvalue weighted by Crippen LogP contribution is 2.19. The largest absolute Gasteiger partial charge is 0.338 e. The number of nitrogens with zero attached hydrogens (tertiary/aromatic N) is 2. The van der Waals surface area contributed by atoms with Crippen LogP contribution in [0.25, 0.3) is 0 Å². The van der Waals surface area contributed by atoms with E-state index in [4.69, 9.17) is 5.14 Å². The molecule has 0 radical (unpaired) electrons. The summed E-state index contributed by atoms with van der Waals surface area (Å²) < 4.78 is 24.7. The number of hydrogen-bond donors (Lipinski definition) is 2. The summed E-state index contributed by atoms with van der Waals surface area (Å²) in [5, 5.41) is 4.92. The molecule has 0 saturated carbocycles. The lowest BCUT2D eigenvalue weighted by Gasteiger charge is -2.32. The van der Waals surface area contributed by atoms with E-state index in [0.29, 0.717) is 23.3 Å². The number of halogens is 1. The van der Waals surface area contributed by atoms with Crippen LogP contribution in [0.3, 0.4) is 0 Å². The predicted molar refractivity (Wildman–Crippen MR) is 81.7 cm³/mol. The molecule has 3 N–H and O–H groups in total. The highest BCUT2D eigenvalue weighted by Gasteiger charge is 2.25. The van der Waals surface area contributed by atoms with Gasteiger partial charge in [0.2, 0.25) is 0 Å². The topological polar surface area (TPSA) is 105 Å². The van der Waals surface area contributed by atoms with Gasteiger partial charge in [0.25, 0.3) is 16.1 Å². The Morgan fingerprint density at radius 3 is 3.00 bits per heavy atom. The van der Waals surface area contributed by atoms with Crippen molar-refractivity contribution >= 4 is 32.0 Å². The third kappa shape index (κ3) is 5.03. The van der Waals surface area contributed by atoms with E-state index in [1.807, 2.05) is 0 Å². The quantitative estimate of drug-likeness (QED) is 0.745. The van der Waals surface area contributed by atoms with Crippen LogP contribution in [-0.4, -0.2) is 43.8 Å². The fourth-order valence-electron chi connectivity index (χ4n) is 2.37. The highest BCUT2D eigenvalue weighted by molar-refractivity contribution is 9.10. The molecule has 2 rings (SSSR count). The lowest BCUT2D eigenvalue weighted by Crippen LogP contribution is -2.44. The Bertz CT molecular complexity index is 623. The Kier molecular flexibility index (Phi) is 5.31. The summed E-state index contributed by atoms with van der Waals surface area (Å²) in [6, 6.07) is 3.34. The minimum Gasteiger partial charge on any atom is -0.338 e. The van der Waals surface area contributed by atoms with E-state index < -0.39 is 10.2 Å². The minimum atomic E-state index is -3.69. The third-order valence-corrected chi connectivity index (χ3v) is 4.36. The second-order valence-corrected chi connectivity index (χ2v) is 7.21. The summed E-state index contributed by atoms with van der Waals surface area (Å²) in [6.07, 6.45) is 3.28. The molecule has 1 fully saturated rings. The van der Waals surface area contributed by atoms with E-state index in [1.165, 1.54) is 0 Å². The molecular formula is C12H17BrN4O3S. The van der Waals surface area contributed by atoms with E-state index in [-0.39, 0.29) is 18.4 Å². The number of rotatable bonds is 4. The Labute approximate surface area is 132 Å². The summed E-state index contributed by atoms with van der Waals surface area (Å²) >= 11 is 3.24. The molecule has 1 aliphatic heterocycles. The summed E-state index contributed by atoms with van der Waals surface area (Å²) in [5.41, 5.74) is 0.567. The van der Waals surface area contributed by atoms with Crippen molar-refractivity contribution in [2.24, 2.45) is 11.1 Å². The summed E-state index contributed by atoms with van der Waals surface area (Å²) in [5.74, 6) is 0.00436. The molecule has 1 aromatic heterocycles. The van der Waals surface area contributed by atoms with Crippen LogP contribution < -0.4 is 9.86 Å². The first-order valence-corrected chi connectivity index (χ1v) is 8.87. The van der Waals surface area contributed by atoms with Gasteiger partial charge in [-0.25, -0.2) is 14.8 Å². The lowest BCUT2D eigenvalue weighted by atomic mass is 9.98.